The van der Waals surface area contributed by atoms with E-state index in [0.717, 1.165) is 5.69 Å². The Morgan fingerprint density at radius 1 is 0.926 bits per heavy atom. The molecule has 0 aliphatic rings. The highest BCUT2D eigenvalue weighted by Gasteiger charge is 2.10. The molecule has 1 aromatic heterocycles. The van der Waals surface area contributed by atoms with Crippen LogP contribution in [0.2, 0.25) is 5.02 Å². The third-order valence-electron chi connectivity index (χ3n) is 3.75. The van der Waals surface area contributed by atoms with Crippen LogP contribution in [0, 0.1) is 0 Å². The van der Waals surface area contributed by atoms with Crippen LogP contribution in [0.4, 0.5) is 17.1 Å². The van der Waals surface area contributed by atoms with Gasteiger partial charge in [-0.2, -0.15) is 0 Å². The van der Waals surface area contributed by atoms with Gasteiger partial charge in [0.1, 0.15) is 5.69 Å². The predicted molar refractivity (Wildman–Crippen MR) is 106 cm³/mol. The number of nitrogens with zero attached hydrogens (tertiary/aromatic N) is 1. The minimum atomic E-state index is -0.326. The molecule has 0 unspecified atom stereocenters. The SMILES string of the molecule is COc1ccc(Nc2ccnc(C(=O)Nc3cccc(Cl)c3)c2)cc1OC. The second-order valence-electron chi connectivity index (χ2n) is 5.59. The Hall–Kier alpha value is -3.25. The average Bonchev–Trinajstić information content (AvgIpc) is 2.68. The van der Waals surface area contributed by atoms with Crippen LogP contribution in [0.15, 0.2) is 60.8 Å². The first kappa shape index (κ1) is 18.5. The number of anilines is 3. The lowest BCUT2D eigenvalue weighted by atomic mass is 10.2. The molecule has 0 radical (unpaired) electrons. The summed E-state index contributed by atoms with van der Waals surface area (Å²) in [5.41, 5.74) is 2.39. The number of methoxy groups -OCH3 is 2. The Morgan fingerprint density at radius 2 is 1.70 bits per heavy atom. The van der Waals surface area contributed by atoms with E-state index in [1.54, 1.807) is 62.9 Å². The van der Waals surface area contributed by atoms with Gasteiger partial charge in [-0.15, -0.1) is 0 Å². The third-order valence-corrected chi connectivity index (χ3v) is 3.98. The zero-order valence-corrected chi connectivity index (χ0v) is 15.6. The van der Waals surface area contributed by atoms with Crippen LogP contribution in [0.5, 0.6) is 11.5 Å². The van der Waals surface area contributed by atoms with Gasteiger partial charge in [0.05, 0.1) is 14.2 Å². The topological polar surface area (TPSA) is 72.5 Å². The number of amides is 1. The molecule has 1 heterocycles. The monoisotopic (exact) mass is 383 g/mol. The molecule has 7 heteroatoms. The molecule has 0 saturated heterocycles. The van der Waals surface area contributed by atoms with E-state index in [-0.39, 0.29) is 11.6 Å². The van der Waals surface area contributed by atoms with Crippen molar-refractivity contribution in [2.45, 2.75) is 0 Å². The van der Waals surface area contributed by atoms with E-state index in [1.165, 1.54) is 0 Å². The number of pyridine rings is 1. The van der Waals surface area contributed by atoms with E-state index in [1.807, 2.05) is 12.1 Å². The summed E-state index contributed by atoms with van der Waals surface area (Å²) in [7, 11) is 3.16. The molecule has 2 N–H and O–H groups in total. The quantitative estimate of drug-likeness (QED) is 0.642. The zero-order valence-electron chi connectivity index (χ0n) is 14.8. The summed E-state index contributed by atoms with van der Waals surface area (Å²) in [6.45, 7) is 0. The van der Waals surface area contributed by atoms with E-state index >= 15 is 0 Å². The molecule has 1 amide bonds. The summed E-state index contributed by atoms with van der Waals surface area (Å²) in [4.78, 5) is 16.6. The highest BCUT2D eigenvalue weighted by molar-refractivity contribution is 6.30. The standard InChI is InChI=1S/C20H18ClN3O3/c1-26-18-7-6-15(12-19(18)27-2)23-16-8-9-22-17(11-16)20(25)24-14-5-3-4-13(21)10-14/h3-12H,1-2H3,(H,22,23)(H,24,25). The van der Waals surface area contributed by atoms with Crippen molar-refractivity contribution in [3.63, 3.8) is 0 Å². The lowest BCUT2D eigenvalue weighted by Gasteiger charge is -2.12. The molecule has 3 rings (SSSR count). The zero-order chi connectivity index (χ0) is 19.2. The highest BCUT2D eigenvalue weighted by atomic mass is 35.5. The number of carbonyl (C=O) groups is 1. The van der Waals surface area contributed by atoms with Gasteiger partial charge >= 0.3 is 0 Å². The van der Waals surface area contributed by atoms with Crippen molar-refractivity contribution in [1.82, 2.24) is 4.98 Å². The summed E-state index contributed by atoms with van der Waals surface area (Å²) in [6, 6.07) is 15.8. The van der Waals surface area contributed by atoms with Crippen LogP contribution in [0.1, 0.15) is 10.5 Å². The number of ether oxygens (including phenoxy) is 2. The lowest BCUT2D eigenvalue weighted by Crippen LogP contribution is -2.13. The van der Waals surface area contributed by atoms with Crippen LogP contribution in [-0.2, 0) is 0 Å². The number of carbonyl (C=O) groups excluding carboxylic acids is 1. The first-order chi connectivity index (χ1) is 13.1. The molecular weight excluding hydrogens is 366 g/mol. The number of nitrogens with one attached hydrogen (secondary N) is 2. The van der Waals surface area contributed by atoms with E-state index in [9.17, 15) is 4.79 Å². The molecule has 27 heavy (non-hydrogen) atoms. The molecule has 3 aromatic rings. The number of benzene rings is 2. The van der Waals surface area contributed by atoms with Gasteiger partial charge < -0.3 is 20.1 Å². The largest absolute Gasteiger partial charge is 0.493 e. The van der Waals surface area contributed by atoms with Gasteiger partial charge in [-0.25, -0.2) is 0 Å². The number of hydrogen-bond acceptors (Lipinski definition) is 5. The van der Waals surface area contributed by atoms with Gasteiger partial charge in [0.25, 0.3) is 5.91 Å². The Kier molecular flexibility index (Phi) is 5.78. The Labute approximate surface area is 162 Å². The van der Waals surface area contributed by atoms with Crippen molar-refractivity contribution in [2.75, 3.05) is 24.9 Å². The number of hydrogen-bond donors (Lipinski definition) is 2. The van der Waals surface area contributed by atoms with Crippen molar-refractivity contribution >= 4 is 34.6 Å². The molecule has 0 aliphatic carbocycles. The van der Waals surface area contributed by atoms with E-state index in [4.69, 9.17) is 21.1 Å². The number of halogens is 1. The Bertz CT molecular complexity index is 963. The molecule has 0 fully saturated rings. The van der Waals surface area contributed by atoms with Gasteiger partial charge in [0, 0.05) is 34.3 Å². The fraction of sp³-hybridized carbons (Fsp3) is 0.100. The van der Waals surface area contributed by atoms with Crippen molar-refractivity contribution in [3.8, 4) is 11.5 Å². The summed E-state index contributed by atoms with van der Waals surface area (Å²) in [5, 5.41) is 6.54. The first-order valence-corrected chi connectivity index (χ1v) is 8.49. The molecule has 0 spiro atoms. The van der Waals surface area contributed by atoms with Gasteiger partial charge in [-0.1, -0.05) is 17.7 Å². The minimum Gasteiger partial charge on any atom is -0.493 e. The first-order valence-electron chi connectivity index (χ1n) is 8.11. The summed E-state index contributed by atoms with van der Waals surface area (Å²) in [6.07, 6.45) is 1.57. The molecule has 138 valence electrons. The van der Waals surface area contributed by atoms with Crippen molar-refractivity contribution < 1.29 is 14.3 Å². The second-order valence-corrected chi connectivity index (χ2v) is 6.03. The van der Waals surface area contributed by atoms with Gasteiger partial charge in [0.2, 0.25) is 0 Å². The van der Waals surface area contributed by atoms with Crippen molar-refractivity contribution in [1.29, 1.82) is 0 Å². The minimum absolute atomic E-state index is 0.278. The van der Waals surface area contributed by atoms with Gasteiger partial charge in [0.15, 0.2) is 11.5 Å². The average molecular weight is 384 g/mol. The maximum Gasteiger partial charge on any atom is 0.274 e. The van der Waals surface area contributed by atoms with Crippen LogP contribution in [0.3, 0.4) is 0 Å². The van der Waals surface area contributed by atoms with Crippen LogP contribution in [-0.4, -0.2) is 25.1 Å². The van der Waals surface area contributed by atoms with Gasteiger partial charge in [-0.3, -0.25) is 9.78 Å². The predicted octanol–water partition coefficient (Wildman–Crippen LogP) is 4.75. The van der Waals surface area contributed by atoms with Crippen LogP contribution < -0.4 is 20.1 Å². The number of rotatable bonds is 6. The van der Waals surface area contributed by atoms with Gasteiger partial charge in [-0.05, 0) is 42.5 Å². The summed E-state index contributed by atoms with van der Waals surface area (Å²) in [5.74, 6) is 0.920. The highest BCUT2D eigenvalue weighted by Crippen LogP contribution is 2.31. The smallest absolute Gasteiger partial charge is 0.274 e. The normalized spacial score (nSPS) is 10.2. The molecule has 0 aliphatic heterocycles. The third kappa shape index (κ3) is 4.68. The van der Waals surface area contributed by atoms with Crippen LogP contribution >= 0.6 is 11.6 Å². The molecule has 0 atom stereocenters. The number of aromatic nitrogens is 1. The fourth-order valence-electron chi connectivity index (χ4n) is 2.47. The fourth-order valence-corrected chi connectivity index (χ4v) is 2.66. The van der Waals surface area contributed by atoms with Crippen LogP contribution in [0.25, 0.3) is 0 Å². The summed E-state index contributed by atoms with van der Waals surface area (Å²) < 4.78 is 10.5. The maximum atomic E-state index is 12.4. The molecule has 0 bridgehead atoms. The maximum absolute atomic E-state index is 12.4. The van der Waals surface area contributed by atoms with E-state index < -0.39 is 0 Å². The van der Waals surface area contributed by atoms with E-state index in [2.05, 4.69) is 15.6 Å². The van der Waals surface area contributed by atoms with Crippen molar-refractivity contribution in [2.24, 2.45) is 0 Å². The second kappa shape index (κ2) is 8.42. The molecule has 0 saturated carbocycles. The van der Waals surface area contributed by atoms with Crippen molar-refractivity contribution in [3.05, 3.63) is 71.5 Å². The Balaban J connectivity index is 1.76. The van der Waals surface area contributed by atoms with E-state index in [0.29, 0.717) is 27.9 Å². The molecule has 6 nitrogen and oxygen atoms in total. The summed E-state index contributed by atoms with van der Waals surface area (Å²) >= 11 is 5.94. The molecule has 2 aromatic carbocycles. The Morgan fingerprint density at radius 3 is 2.44 bits per heavy atom. The lowest BCUT2D eigenvalue weighted by molar-refractivity contribution is 0.102. The molecular formula is C20H18ClN3O3.